The molecular formula is C24H27ClN2O3. The molecule has 1 heterocycles. The van der Waals surface area contributed by atoms with Crippen LogP contribution < -0.4 is 0 Å². The normalized spacial score (nSPS) is 18.5. The fourth-order valence-corrected chi connectivity index (χ4v) is 3.83. The van der Waals surface area contributed by atoms with E-state index in [1.54, 1.807) is 35.2 Å². The van der Waals surface area contributed by atoms with Crippen molar-refractivity contribution in [1.29, 1.82) is 0 Å². The number of halogens is 1. The Bertz CT molecular complexity index is 996. The first-order valence-corrected chi connectivity index (χ1v) is 10.3. The number of aryl methyl sites for hydroxylation is 2. The molecule has 1 N–H and O–H groups in total. The number of aliphatic hydroxyl groups is 1. The summed E-state index contributed by atoms with van der Waals surface area (Å²) in [5.74, 6) is -1.39. The van der Waals surface area contributed by atoms with Gasteiger partial charge in [-0.25, -0.2) is 0 Å². The molecule has 0 aliphatic carbocycles. The molecule has 1 amide bonds. The summed E-state index contributed by atoms with van der Waals surface area (Å²) in [4.78, 5) is 29.5. The van der Waals surface area contributed by atoms with Crippen LogP contribution >= 0.6 is 11.6 Å². The molecule has 5 nitrogen and oxygen atoms in total. The van der Waals surface area contributed by atoms with Crippen LogP contribution in [0.5, 0.6) is 0 Å². The summed E-state index contributed by atoms with van der Waals surface area (Å²) in [7, 11) is 3.93. The van der Waals surface area contributed by atoms with Crippen molar-refractivity contribution < 1.29 is 14.7 Å². The van der Waals surface area contributed by atoms with Gasteiger partial charge >= 0.3 is 0 Å². The van der Waals surface area contributed by atoms with Crippen molar-refractivity contribution >= 4 is 29.1 Å². The number of carbonyl (C=O) groups excluding carboxylic acids is 2. The van der Waals surface area contributed by atoms with E-state index in [2.05, 4.69) is 0 Å². The van der Waals surface area contributed by atoms with E-state index in [1.165, 1.54) is 0 Å². The Labute approximate surface area is 182 Å². The van der Waals surface area contributed by atoms with Crippen molar-refractivity contribution in [3.63, 3.8) is 0 Å². The molecule has 1 aliphatic rings. The highest BCUT2D eigenvalue weighted by molar-refractivity contribution is 6.46. The molecule has 0 spiro atoms. The van der Waals surface area contributed by atoms with E-state index in [0.29, 0.717) is 23.6 Å². The molecule has 0 bridgehead atoms. The molecular weight excluding hydrogens is 400 g/mol. The second-order valence-corrected chi connectivity index (χ2v) is 8.44. The molecule has 0 saturated carbocycles. The Morgan fingerprint density at radius 2 is 1.73 bits per heavy atom. The Balaban J connectivity index is 2.10. The number of likely N-dealkylation sites (tertiary alicyclic amines) is 1. The molecule has 2 aromatic carbocycles. The van der Waals surface area contributed by atoms with Crippen LogP contribution in [0.25, 0.3) is 5.76 Å². The van der Waals surface area contributed by atoms with Crippen LogP contribution in [0.15, 0.2) is 48.0 Å². The second-order valence-electron chi connectivity index (χ2n) is 8.00. The van der Waals surface area contributed by atoms with E-state index in [1.807, 2.05) is 45.0 Å². The summed E-state index contributed by atoms with van der Waals surface area (Å²) in [6.45, 7) is 5.13. The van der Waals surface area contributed by atoms with Crippen molar-refractivity contribution in [2.45, 2.75) is 26.3 Å². The number of amides is 1. The summed E-state index contributed by atoms with van der Waals surface area (Å²) in [6, 6.07) is 11.9. The number of nitrogens with zero attached hydrogens (tertiary/aromatic N) is 2. The summed E-state index contributed by atoms with van der Waals surface area (Å²) in [6.07, 6.45) is 0.716. The molecule has 1 atom stereocenters. The zero-order valence-corrected chi connectivity index (χ0v) is 18.5. The number of ketones is 1. The second kappa shape index (κ2) is 9.02. The maximum atomic E-state index is 13.0. The van der Waals surface area contributed by atoms with E-state index >= 15 is 0 Å². The fourth-order valence-electron chi connectivity index (χ4n) is 3.70. The number of aliphatic hydroxyl groups excluding tert-OH is 1. The number of benzene rings is 2. The summed E-state index contributed by atoms with van der Waals surface area (Å²) in [5, 5.41) is 11.7. The molecule has 158 valence electrons. The minimum atomic E-state index is -0.657. The van der Waals surface area contributed by atoms with E-state index < -0.39 is 17.7 Å². The Hall–Kier alpha value is -2.63. The Morgan fingerprint density at radius 1 is 1.07 bits per heavy atom. The zero-order chi connectivity index (χ0) is 22.0. The third-order valence-corrected chi connectivity index (χ3v) is 5.76. The average Bonchev–Trinajstić information content (AvgIpc) is 2.95. The molecule has 30 heavy (non-hydrogen) atoms. The lowest BCUT2D eigenvalue weighted by Crippen LogP contribution is -2.32. The number of carbonyl (C=O) groups is 2. The molecule has 6 heteroatoms. The van der Waals surface area contributed by atoms with Gasteiger partial charge in [-0.1, -0.05) is 35.9 Å². The van der Waals surface area contributed by atoms with Crippen LogP contribution in [-0.2, 0) is 9.59 Å². The molecule has 0 radical (unpaired) electrons. The third kappa shape index (κ3) is 4.42. The largest absolute Gasteiger partial charge is 0.507 e. The van der Waals surface area contributed by atoms with Gasteiger partial charge in [-0.15, -0.1) is 0 Å². The predicted octanol–water partition coefficient (Wildman–Crippen LogP) is 4.33. The maximum Gasteiger partial charge on any atom is 0.295 e. The molecule has 0 aromatic heterocycles. The highest BCUT2D eigenvalue weighted by atomic mass is 35.5. The van der Waals surface area contributed by atoms with Crippen molar-refractivity contribution in [3.8, 4) is 0 Å². The van der Waals surface area contributed by atoms with Gasteiger partial charge in [0.25, 0.3) is 11.7 Å². The van der Waals surface area contributed by atoms with Gasteiger partial charge in [-0.05, 0) is 75.8 Å². The molecule has 1 saturated heterocycles. The van der Waals surface area contributed by atoms with Crippen molar-refractivity contribution in [2.75, 3.05) is 27.2 Å². The van der Waals surface area contributed by atoms with Gasteiger partial charge in [0.1, 0.15) is 5.76 Å². The molecule has 3 rings (SSSR count). The monoisotopic (exact) mass is 426 g/mol. The lowest BCUT2D eigenvalue weighted by Gasteiger charge is -2.26. The fraction of sp³-hybridized carbons (Fsp3) is 0.333. The molecule has 2 aromatic rings. The van der Waals surface area contributed by atoms with Crippen LogP contribution in [-0.4, -0.2) is 53.8 Å². The first-order chi connectivity index (χ1) is 14.2. The van der Waals surface area contributed by atoms with E-state index in [-0.39, 0.29) is 11.3 Å². The Morgan fingerprint density at radius 3 is 2.33 bits per heavy atom. The number of Topliss-reactive ketones (excluding diaryl/α,β-unsaturated/α-hetero) is 1. The quantitative estimate of drug-likeness (QED) is 0.424. The van der Waals surface area contributed by atoms with Crippen LogP contribution in [0.2, 0.25) is 5.02 Å². The standard InChI is InChI=1S/C24H27ClN2O3/c1-15-6-7-18(14-16(15)2)22(28)20-21(17-8-10-19(25)11-9-17)27(24(30)23(20)29)13-5-12-26(3)4/h6-11,14,21,28H,5,12-13H2,1-4H3/b22-20-. The van der Waals surface area contributed by atoms with Crippen LogP contribution in [0.1, 0.15) is 34.7 Å². The van der Waals surface area contributed by atoms with Gasteiger partial charge < -0.3 is 14.9 Å². The highest BCUT2D eigenvalue weighted by Crippen LogP contribution is 2.39. The zero-order valence-electron chi connectivity index (χ0n) is 17.8. The van der Waals surface area contributed by atoms with Gasteiger partial charge in [0, 0.05) is 17.1 Å². The van der Waals surface area contributed by atoms with Gasteiger partial charge in [0.15, 0.2) is 0 Å². The Kier molecular flexibility index (Phi) is 6.64. The molecule has 1 unspecified atom stereocenters. The van der Waals surface area contributed by atoms with E-state index in [9.17, 15) is 14.7 Å². The van der Waals surface area contributed by atoms with Gasteiger partial charge in [0.2, 0.25) is 0 Å². The van der Waals surface area contributed by atoms with Crippen molar-refractivity contribution in [2.24, 2.45) is 0 Å². The molecule has 1 aliphatic heterocycles. The summed E-state index contributed by atoms with van der Waals surface area (Å²) < 4.78 is 0. The summed E-state index contributed by atoms with van der Waals surface area (Å²) >= 11 is 6.04. The minimum Gasteiger partial charge on any atom is -0.507 e. The topological polar surface area (TPSA) is 60.9 Å². The van der Waals surface area contributed by atoms with Gasteiger partial charge in [-0.2, -0.15) is 0 Å². The van der Waals surface area contributed by atoms with Crippen LogP contribution in [0, 0.1) is 13.8 Å². The smallest absolute Gasteiger partial charge is 0.295 e. The third-order valence-electron chi connectivity index (χ3n) is 5.51. The minimum absolute atomic E-state index is 0.121. The van der Waals surface area contributed by atoms with Crippen LogP contribution in [0.4, 0.5) is 0 Å². The van der Waals surface area contributed by atoms with E-state index in [0.717, 1.165) is 23.2 Å². The lowest BCUT2D eigenvalue weighted by molar-refractivity contribution is -0.139. The highest BCUT2D eigenvalue weighted by Gasteiger charge is 2.45. The molecule has 1 fully saturated rings. The first-order valence-electron chi connectivity index (χ1n) is 9.97. The number of rotatable bonds is 6. The predicted molar refractivity (Wildman–Crippen MR) is 120 cm³/mol. The summed E-state index contributed by atoms with van der Waals surface area (Å²) in [5.41, 5.74) is 3.49. The van der Waals surface area contributed by atoms with Crippen molar-refractivity contribution in [3.05, 3.63) is 75.3 Å². The lowest BCUT2D eigenvalue weighted by atomic mass is 9.94. The van der Waals surface area contributed by atoms with Crippen LogP contribution in [0.3, 0.4) is 0 Å². The van der Waals surface area contributed by atoms with Gasteiger partial charge in [0.05, 0.1) is 11.6 Å². The SMILES string of the molecule is Cc1ccc(/C(O)=C2/C(=O)C(=O)N(CCCN(C)C)C2c2ccc(Cl)cc2)cc1C. The first kappa shape index (κ1) is 22.1. The average molecular weight is 427 g/mol. The van der Waals surface area contributed by atoms with E-state index in [4.69, 9.17) is 11.6 Å². The number of hydrogen-bond acceptors (Lipinski definition) is 4. The number of hydrogen-bond donors (Lipinski definition) is 1. The maximum absolute atomic E-state index is 13.0. The van der Waals surface area contributed by atoms with Crippen molar-refractivity contribution in [1.82, 2.24) is 9.80 Å². The van der Waals surface area contributed by atoms with Gasteiger partial charge in [-0.3, -0.25) is 9.59 Å².